The van der Waals surface area contributed by atoms with E-state index in [1.54, 1.807) is 0 Å². The molecule has 4 heteroatoms. The Morgan fingerprint density at radius 1 is 0.778 bits per heavy atom. The standard InChI is InChI=1S/C14H11N3O/c1-3-7-11(8-4-1)13-16-17-14(18-13)15-12-9-5-2-6-10-12/h1-10H,(H,15,17). The molecule has 0 aliphatic rings. The van der Waals surface area contributed by atoms with Gasteiger partial charge in [0.2, 0.25) is 5.89 Å². The highest BCUT2D eigenvalue weighted by atomic mass is 16.4. The minimum absolute atomic E-state index is 0.389. The lowest BCUT2D eigenvalue weighted by Gasteiger charge is -1.98. The lowest BCUT2D eigenvalue weighted by atomic mass is 10.2. The molecule has 1 N–H and O–H groups in total. The van der Waals surface area contributed by atoms with E-state index in [9.17, 15) is 0 Å². The van der Waals surface area contributed by atoms with Gasteiger partial charge >= 0.3 is 6.01 Å². The molecule has 0 radical (unpaired) electrons. The summed E-state index contributed by atoms with van der Waals surface area (Å²) in [6, 6.07) is 19.8. The van der Waals surface area contributed by atoms with Crippen molar-refractivity contribution in [3.8, 4) is 11.5 Å². The number of anilines is 2. The summed E-state index contributed by atoms with van der Waals surface area (Å²) in [7, 11) is 0. The zero-order valence-electron chi connectivity index (χ0n) is 9.58. The van der Waals surface area contributed by atoms with E-state index in [0.717, 1.165) is 11.3 Å². The zero-order chi connectivity index (χ0) is 12.2. The Balaban J connectivity index is 1.82. The van der Waals surface area contributed by atoms with Gasteiger partial charge in [-0.25, -0.2) is 0 Å². The molecule has 0 amide bonds. The molecule has 0 fully saturated rings. The highest BCUT2D eigenvalue weighted by Crippen LogP contribution is 2.21. The Kier molecular flexibility index (Phi) is 2.75. The van der Waals surface area contributed by atoms with E-state index in [-0.39, 0.29) is 0 Å². The van der Waals surface area contributed by atoms with Gasteiger partial charge in [0.25, 0.3) is 0 Å². The Morgan fingerprint density at radius 3 is 2.17 bits per heavy atom. The van der Waals surface area contributed by atoms with Crippen LogP contribution in [-0.4, -0.2) is 10.2 Å². The number of nitrogens with one attached hydrogen (secondary N) is 1. The predicted octanol–water partition coefficient (Wildman–Crippen LogP) is 3.48. The fraction of sp³-hybridized carbons (Fsp3) is 0. The Morgan fingerprint density at radius 2 is 1.44 bits per heavy atom. The van der Waals surface area contributed by atoms with E-state index in [0.29, 0.717) is 11.9 Å². The minimum atomic E-state index is 0.389. The van der Waals surface area contributed by atoms with Gasteiger partial charge in [0, 0.05) is 11.3 Å². The molecule has 0 aliphatic heterocycles. The topological polar surface area (TPSA) is 51.0 Å². The van der Waals surface area contributed by atoms with E-state index in [2.05, 4.69) is 15.5 Å². The Labute approximate surface area is 104 Å². The van der Waals surface area contributed by atoms with Crippen LogP contribution in [0.15, 0.2) is 65.1 Å². The van der Waals surface area contributed by atoms with Gasteiger partial charge in [0.05, 0.1) is 0 Å². The van der Waals surface area contributed by atoms with Crippen molar-refractivity contribution in [2.24, 2.45) is 0 Å². The van der Waals surface area contributed by atoms with Crippen molar-refractivity contribution in [1.29, 1.82) is 0 Å². The molecule has 0 unspecified atom stereocenters. The smallest absolute Gasteiger partial charge is 0.320 e. The van der Waals surface area contributed by atoms with Crippen molar-refractivity contribution in [2.75, 3.05) is 5.32 Å². The van der Waals surface area contributed by atoms with Crippen molar-refractivity contribution < 1.29 is 4.42 Å². The number of aromatic nitrogens is 2. The third-order valence-corrected chi connectivity index (χ3v) is 2.47. The minimum Gasteiger partial charge on any atom is -0.403 e. The number of rotatable bonds is 3. The van der Waals surface area contributed by atoms with Crippen LogP contribution in [0.1, 0.15) is 0 Å². The zero-order valence-corrected chi connectivity index (χ0v) is 9.58. The molecule has 18 heavy (non-hydrogen) atoms. The maximum Gasteiger partial charge on any atom is 0.320 e. The highest BCUT2D eigenvalue weighted by molar-refractivity contribution is 5.55. The number of benzene rings is 2. The first-order valence-electron chi connectivity index (χ1n) is 5.63. The summed E-state index contributed by atoms with van der Waals surface area (Å²) in [4.78, 5) is 0. The second-order valence-electron chi connectivity index (χ2n) is 3.77. The van der Waals surface area contributed by atoms with E-state index >= 15 is 0 Å². The molecule has 0 saturated carbocycles. The van der Waals surface area contributed by atoms with Crippen LogP contribution in [0.5, 0.6) is 0 Å². The van der Waals surface area contributed by atoms with Crippen LogP contribution in [0.3, 0.4) is 0 Å². The molecule has 4 nitrogen and oxygen atoms in total. The Bertz CT molecular complexity index is 620. The normalized spacial score (nSPS) is 10.2. The van der Waals surface area contributed by atoms with Crippen molar-refractivity contribution in [1.82, 2.24) is 10.2 Å². The van der Waals surface area contributed by atoms with Crippen LogP contribution < -0.4 is 5.32 Å². The summed E-state index contributed by atoms with van der Waals surface area (Å²) in [5.74, 6) is 0.508. The average molecular weight is 237 g/mol. The number of para-hydroxylation sites is 1. The second-order valence-corrected chi connectivity index (χ2v) is 3.77. The van der Waals surface area contributed by atoms with Crippen LogP contribution in [-0.2, 0) is 0 Å². The first-order chi connectivity index (χ1) is 8.92. The number of hydrogen-bond acceptors (Lipinski definition) is 4. The van der Waals surface area contributed by atoms with Crippen LogP contribution in [0, 0.1) is 0 Å². The van der Waals surface area contributed by atoms with Gasteiger partial charge in [-0.3, -0.25) is 0 Å². The van der Waals surface area contributed by atoms with Crippen LogP contribution in [0.2, 0.25) is 0 Å². The summed E-state index contributed by atoms with van der Waals surface area (Å²) in [5.41, 5.74) is 1.83. The van der Waals surface area contributed by atoms with Gasteiger partial charge in [-0.2, -0.15) is 0 Å². The van der Waals surface area contributed by atoms with E-state index in [1.165, 1.54) is 0 Å². The molecule has 0 saturated heterocycles. The van der Waals surface area contributed by atoms with Crippen molar-refractivity contribution >= 4 is 11.7 Å². The van der Waals surface area contributed by atoms with Gasteiger partial charge in [0.1, 0.15) is 0 Å². The molecule has 88 valence electrons. The molecular weight excluding hydrogens is 226 g/mol. The first-order valence-corrected chi connectivity index (χ1v) is 5.63. The second kappa shape index (κ2) is 4.71. The highest BCUT2D eigenvalue weighted by Gasteiger charge is 2.07. The lowest BCUT2D eigenvalue weighted by molar-refractivity contribution is 0.587. The van der Waals surface area contributed by atoms with Crippen molar-refractivity contribution in [3.05, 3.63) is 60.7 Å². The molecule has 1 heterocycles. The SMILES string of the molecule is c1ccc(Nc2nnc(-c3ccccc3)o2)cc1. The van der Waals surface area contributed by atoms with Gasteiger partial charge in [0.15, 0.2) is 0 Å². The van der Waals surface area contributed by atoms with E-state index < -0.39 is 0 Å². The fourth-order valence-electron chi connectivity index (χ4n) is 1.62. The predicted molar refractivity (Wildman–Crippen MR) is 69.5 cm³/mol. The molecule has 0 atom stereocenters. The molecule has 0 spiro atoms. The third kappa shape index (κ3) is 2.22. The summed E-state index contributed by atoms with van der Waals surface area (Å²) in [6.07, 6.45) is 0. The summed E-state index contributed by atoms with van der Waals surface area (Å²) in [5, 5.41) is 11.0. The van der Waals surface area contributed by atoms with Gasteiger partial charge in [-0.15, -0.1) is 5.10 Å². The van der Waals surface area contributed by atoms with Crippen molar-refractivity contribution in [2.45, 2.75) is 0 Å². The molecule has 3 rings (SSSR count). The quantitative estimate of drug-likeness (QED) is 0.757. The van der Waals surface area contributed by atoms with E-state index in [4.69, 9.17) is 4.42 Å². The largest absolute Gasteiger partial charge is 0.403 e. The van der Waals surface area contributed by atoms with Gasteiger partial charge in [-0.05, 0) is 24.3 Å². The summed E-state index contributed by atoms with van der Waals surface area (Å²) < 4.78 is 5.54. The third-order valence-electron chi connectivity index (χ3n) is 2.47. The number of nitrogens with zero attached hydrogens (tertiary/aromatic N) is 2. The molecule has 0 aliphatic carbocycles. The molecule has 1 aromatic heterocycles. The maximum atomic E-state index is 5.54. The monoisotopic (exact) mass is 237 g/mol. The van der Waals surface area contributed by atoms with Crippen LogP contribution in [0.4, 0.5) is 11.7 Å². The summed E-state index contributed by atoms with van der Waals surface area (Å²) >= 11 is 0. The van der Waals surface area contributed by atoms with Gasteiger partial charge < -0.3 is 9.73 Å². The van der Waals surface area contributed by atoms with Gasteiger partial charge in [-0.1, -0.05) is 41.5 Å². The first kappa shape index (κ1) is 10.5. The molecule has 3 aromatic rings. The fourth-order valence-corrected chi connectivity index (χ4v) is 1.62. The lowest BCUT2D eigenvalue weighted by Crippen LogP contribution is -1.88. The summed E-state index contributed by atoms with van der Waals surface area (Å²) in [6.45, 7) is 0. The van der Waals surface area contributed by atoms with Crippen LogP contribution >= 0.6 is 0 Å². The number of hydrogen-bond donors (Lipinski definition) is 1. The van der Waals surface area contributed by atoms with E-state index in [1.807, 2.05) is 60.7 Å². The maximum absolute atomic E-state index is 5.54. The van der Waals surface area contributed by atoms with Crippen molar-refractivity contribution in [3.63, 3.8) is 0 Å². The molecular formula is C14H11N3O. The Hall–Kier alpha value is -2.62. The van der Waals surface area contributed by atoms with Crippen LogP contribution in [0.25, 0.3) is 11.5 Å². The average Bonchev–Trinajstić information content (AvgIpc) is 2.89. The molecule has 2 aromatic carbocycles. The molecule has 0 bridgehead atoms.